The Labute approximate surface area is 147 Å². The Morgan fingerprint density at radius 2 is 2.08 bits per heavy atom. The van der Waals surface area contributed by atoms with Gasteiger partial charge in [0, 0.05) is 12.6 Å². The third-order valence-corrected chi connectivity index (χ3v) is 5.64. The summed E-state index contributed by atoms with van der Waals surface area (Å²) in [7, 11) is 0. The van der Waals surface area contributed by atoms with Gasteiger partial charge in [0.2, 0.25) is 5.89 Å². The van der Waals surface area contributed by atoms with E-state index in [9.17, 15) is 4.79 Å². The van der Waals surface area contributed by atoms with Gasteiger partial charge in [-0.15, -0.1) is 0 Å². The third kappa shape index (κ3) is 3.51. The van der Waals surface area contributed by atoms with E-state index in [1.54, 1.807) is 4.68 Å². The van der Waals surface area contributed by atoms with Crippen LogP contribution in [0.15, 0.2) is 21.7 Å². The molecule has 0 N–H and O–H groups in total. The van der Waals surface area contributed by atoms with E-state index in [1.807, 2.05) is 6.07 Å². The number of aryl methyl sites for hydroxylation is 2. The molecule has 25 heavy (non-hydrogen) atoms. The Morgan fingerprint density at radius 3 is 2.84 bits per heavy atom. The Balaban J connectivity index is 1.38. The quantitative estimate of drug-likeness (QED) is 0.845. The lowest BCUT2D eigenvalue weighted by Gasteiger charge is -2.34. The van der Waals surface area contributed by atoms with Gasteiger partial charge in [-0.25, -0.2) is 4.68 Å². The van der Waals surface area contributed by atoms with Crippen LogP contribution in [0.2, 0.25) is 0 Å². The Hall–Kier alpha value is -2.02. The molecule has 1 aliphatic carbocycles. The number of aromatic nitrogens is 4. The molecule has 2 aromatic heterocycles. The van der Waals surface area contributed by atoms with E-state index in [2.05, 4.69) is 27.1 Å². The van der Waals surface area contributed by atoms with Crippen LogP contribution < -0.4 is 5.56 Å². The molecule has 1 aliphatic heterocycles. The fourth-order valence-electron chi connectivity index (χ4n) is 4.02. The van der Waals surface area contributed by atoms with Crippen molar-refractivity contribution in [2.45, 2.75) is 58.0 Å². The number of rotatable bonds is 4. The van der Waals surface area contributed by atoms with Crippen LogP contribution in [0.4, 0.5) is 0 Å². The minimum Gasteiger partial charge on any atom is -0.338 e. The molecule has 1 atom stereocenters. The zero-order valence-electron chi connectivity index (χ0n) is 14.7. The largest absolute Gasteiger partial charge is 0.338 e. The summed E-state index contributed by atoms with van der Waals surface area (Å²) in [6.07, 6.45) is 7.94. The average molecular weight is 343 g/mol. The van der Waals surface area contributed by atoms with Crippen molar-refractivity contribution in [1.82, 2.24) is 24.8 Å². The highest BCUT2D eigenvalue weighted by molar-refractivity contribution is 5.20. The highest BCUT2D eigenvalue weighted by Gasteiger charge is 2.26. The molecule has 1 saturated heterocycles. The molecule has 0 bridgehead atoms. The summed E-state index contributed by atoms with van der Waals surface area (Å²) in [6, 6.07) is 1.96. The zero-order chi connectivity index (χ0) is 17.2. The van der Waals surface area contributed by atoms with Crippen molar-refractivity contribution < 1.29 is 4.52 Å². The second-order valence-electron chi connectivity index (χ2n) is 7.28. The SMILES string of the molecule is CC(c1ncno1)N1CCC(Cn2nc3c(cc2=O)CCCC3)CC1. The van der Waals surface area contributed by atoms with Crippen molar-refractivity contribution in [1.29, 1.82) is 0 Å². The lowest BCUT2D eigenvalue weighted by molar-refractivity contribution is 0.112. The van der Waals surface area contributed by atoms with Crippen LogP contribution in [0.3, 0.4) is 0 Å². The fraction of sp³-hybridized carbons (Fsp3) is 0.667. The molecular formula is C18H25N5O2. The van der Waals surface area contributed by atoms with Gasteiger partial charge in [0.15, 0.2) is 6.33 Å². The van der Waals surface area contributed by atoms with Crippen LogP contribution in [0.1, 0.15) is 55.8 Å². The minimum atomic E-state index is 0.0577. The zero-order valence-corrected chi connectivity index (χ0v) is 14.7. The van der Waals surface area contributed by atoms with Gasteiger partial charge in [-0.3, -0.25) is 9.69 Å². The second kappa shape index (κ2) is 7.07. The number of likely N-dealkylation sites (tertiary alicyclic amines) is 1. The number of hydrogen-bond acceptors (Lipinski definition) is 6. The van der Waals surface area contributed by atoms with Crippen molar-refractivity contribution in [3.05, 3.63) is 39.9 Å². The van der Waals surface area contributed by atoms with Crippen molar-refractivity contribution in [2.24, 2.45) is 5.92 Å². The summed E-state index contributed by atoms with van der Waals surface area (Å²) in [5.74, 6) is 1.17. The van der Waals surface area contributed by atoms with Gasteiger partial charge >= 0.3 is 0 Å². The van der Waals surface area contributed by atoms with Crippen LogP contribution >= 0.6 is 0 Å². The maximum absolute atomic E-state index is 12.4. The molecule has 0 spiro atoms. The van der Waals surface area contributed by atoms with Crippen LogP contribution in [0, 0.1) is 5.92 Å². The molecule has 3 heterocycles. The average Bonchev–Trinajstić information content (AvgIpc) is 3.17. The van der Waals surface area contributed by atoms with Crippen LogP contribution in [-0.4, -0.2) is 37.9 Å². The first-order valence-electron chi connectivity index (χ1n) is 9.31. The van der Waals surface area contributed by atoms with Gasteiger partial charge in [-0.05, 0) is 70.0 Å². The van der Waals surface area contributed by atoms with Gasteiger partial charge in [0.25, 0.3) is 5.56 Å². The van der Waals surface area contributed by atoms with E-state index in [0.717, 1.165) is 56.6 Å². The molecule has 0 radical (unpaired) electrons. The molecule has 0 aromatic carbocycles. The van der Waals surface area contributed by atoms with E-state index in [0.29, 0.717) is 11.8 Å². The third-order valence-electron chi connectivity index (χ3n) is 5.64. The molecule has 134 valence electrons. The van der Waals surface area contributed by atoms with Gasteiger partial charge in [0.1, 0.15) is 0 Å². The Kier molecular flexibility index (Phi) is 4.65. The number of piperidine rings is 1. The monoisotopic (exact) mass is 343 g/mol. The van der Waals surface area contributed by atoms with E-state index >= 15 is 0 Å². The molecule has 0 saturated carbocycles. The van der Waals surface area contributed by atoms with Crippen molar-refractivity contribution in [3.8, 4) is 0 Å². The molecule has 7 heteroatoms. The molecule has 1 fully saturated rings. The van der Waals surface area contributed by atoms with E-state index in [4.69, 9.17) is 4.52 Å². The van der Waals surface area contributed by atoms with E-state index < -0.39 is 0 Å². The lowest BCUT2D eigenvalue weighted by Crippen LogP contribution is -2.38. The summed E-state index contributed by atoms with van der Waals surface area (Å²) in [5, 5.41) is 8.35. The summed E-state index contributed by atoms with van der Waals surface area (Å²) in [4.78, 5) is 18.9. The lowest BCUT2D eigenvalue weighted by atomic mass is 9.95. The molecule has 2 aliphatic rings. The molecule has 2 aromatic rings. The number of hydrogen-bond donors (Lipinski definition) is 0. The van der Waals surface area contributed by atoms with Crippen LogP contribution in [0.5, 0.6) is 0 Å². The molecule has 7 nitrogen and oxygen atoms in total. The summed E-state index contributed by atoms with van der Waals surface area (Å²) in [6.45, 7) is 4.79. The molecule has 0 amide bonds. The van der Waals surface area contributed by atoms with Gasteiger partial charge in [-0.1, -0.05) is 5.16 Å². The fourth-order valence-corrected chi connectivity index (χ4v) is 4.02. The van der Waals surface area contributed by atoms with Crippen molar-refractivity contribution in [2.75, 3.05) is 13.1 Å². The maximum Gasteiger partial charge on any atom is 0.267 e. The minimum absolute atomic E-state index is 0.0577. The van der Waals surface area contributed by atoms with Gasteiger partial charge in [-0.2, -0.15) is 10.1 Å². The molecule has 4 rings (SSSR count). The van der Waals surface area contributed by atoms with Gasteiger partial charge in [0.05, 0.1) is 11.7 Å². The maximum atomic E-state index is 12.4. The van der Waals surface area contributed by atoms with E-state index in [1.165, 1.54) is 19.2 Å². The Bertz CT molecular complexity index is 762. The number of fused-ring (bicyclic) bond motifs is 1. The first-order valence-corrected chi connectivity index (χ1v) is 9.31. The predicted molar refractivity (Wildman–Crippen MR) is 92.1 cm³/mol. The number of nitrogens with zero attached hydrogens (tertiary/aromatic N) is 5. The summed E-state index contributed by atoms with van der Waals surface area (Å²) < 4.78 is 6.88. The highest BCUT2D eigenvalue weighted by atomic mass is 16.5. The van der Waals surface area contributed by atoms with Crippen LogP contribution in [-0.2, 0) is 19.4 Å². The molecular weight excluding hydrogens is 318 g/mol. The first kappa shape index (κ1) is 16.4. The standard InChI is InChI=1S/C18H25N5O2/c1-13(18-19-12-20-25-18)22-8-6-14(7-9-22)11-23-17(24)10-15-4-2-3-5-16(15)21-23/h10,12-14H,2-9,11H2,1H3. The summed E-state index contributed by atoms with van der Waals surface area (Å²) in [5.41, 5.74) is 2.35. The normalized spacial score (nSPS) is 20.4. The van der Waals surface area contributed by atoms with Crippen molar-refractivity contribution in [3.63, 3.8) is 0 Å². The second-order valence-corrected chi connectivity index (χ2v) is 7.28. The van der Waals surface area contributed by atoms with Crippen molar-refractivity contribution >= 4 is 0 Å². The van der Waals surface area contributed by atoms with E-state index in [-0.39, 0.29) is 11.6 Å². The van der Waals surface area contributed by atoms with Gasteiger partial charge < -0.3 is 4.52 Å². The predicted octanol–water partition coefficient (Wildman–Crippen LogP) is 1.98. The Morgan fingerprint density at radius 1 is 1.28 bits per heavy atom. The molecule has 1 unspecified atom stereocenters. The smallest absolute Gasteiger partial charge is 0.267 e. The van der Waals surface area contributed by atoms with Crippen LogP contribution in [0.25, 0.3) is 0 Å². The topological polar surface area (TPSA) is 77.1 Å². The summed E-state index contributed by atoms with van der Waals surface area (Å²) >= 11 is 0. The highest BCUT2D eigenvalue weighted by Crippen LogP contribution is 2.26. The first-order chi connectivity index (χ1) is 12.2.